The molecule has 2 aliphatic rings. The van der Waals surface area contributed by atoms with Crippen LogP contribution >= 0.6 is 0 Å². The number of piperidine rings is 1. The van der Waals surface area contributed by atoms with Crippen LogP contribution < -0.4 is 16.0 Å². The third kappa shape index (κ3) is 5.79. The molecule has 3 N–H and O–H groups in total. The zero-order chi connectivity index (χ0) is 20.1. The lowest BCUT2D eigenvalue weighted by atomic mass is 10.0. The van der Waals surface area contributed by atoms with Crippen molar-refractivity contribution < 1.29 is 14.4 Å². The first kappa shape index (κ1) is 20.3. The van der Waals surface area contributed by atoms with Gasteiger partial charge in [-0.25, -0.2) is 0 Å². The van der Waals surface area contributed by atoms with Crippen molar-refractivity contribution in [1.29, 1.82) is 0 Å². The number of benzene rings is 1. The van der Waals surface area contributed by atoms with Crippen molar-refractivity contribution >= 4 is 23.4 Å². The number of para-hydroxylation sites is 1. The molecule has 1 heterocycles. The lowest BCUT2D eigenvalue weighted by Gasteiger charge is -2.32. The molecule has 0 atom stereocenters. The number of rotatable bonds is 7. The summed E-state index contributed by atoms with van der Waals surface area (Å²) in [6, 6.07) is 7.55. The number of carbonyl (C=O) groups excluding carboxylic acids is 3. The molecule has 0 radical (unpaired) electrons. The van der Waals surface area contributed by atoms with Crippen LogP contribution in [0.3, 0.4) is 0 Å². The standard InChI is InChI=1S/C21H30N4O3/c1-14(2)20(27)22-16-9-11-25(12-10-16)13-19(26)24-18-6-4-3-5-17(18)21(28)23-15-7-8-15/h3-6,14-16H,7-13H2,1-2H3,(H,22,27)(H,23,28)(H,24,26). The molecule has 7 nitrogen and oxygen atoms in total. The van der Waals surface area contributed by atoms with E-state index in [1.165, 1.54) is 0 Å². The molecule has 1 aliphatic carbocycles. The summed E-state index contributed by atoms with van der Waals surface area (Å²) in [6.07, 6.45) is 3.72. The molecule has 0 unspecified atom stereocenters. The highest BCUT2D eigenvalue weighted by molar-refractivity contribution is 6.04. The summed E-state index contributed by atoms with van der Waals surface area (Å²) in [7, 11) is 0. The number of likely N-dealkylation sites (tertiary alicyclic amines) is 1. The molecule has 0 aromatic heterocycles. The number of hydrogen-bond donors (Lipinski definition) is 3. The summed E-state index contributed by atoms with van der Waals surface area (Å²) >= 11 is 0. The molecule has 3 amide bonds. The Labute approximate surface area is 166 Å². The van der Waals surface area contributed by atoms with Crippen LogP contribution in [0.1, 0.15) is 49.9 Å². The van der Waals surface area contributed by atoms with Gasteiger partial charge in [0, 0.05) is 31.1 Å². The minimum absolute atomic E-state index is 0.0130. The number of anilines is 1. The van der Waals surface area contributed by atoms with Crippen LogP contribution in [0.4, 0.5) is 5.69 Å². The van der Waals surface area contributed by atoms with E-state index < -0.39 is 0 Å². The molecular weight excluding hydrogens is 356 g/mol. The second-order valence-corrected chi connectivity index (χ2v) is 8.06. The number of nitrogens with zero attached hydrogens (tertiary/aromatic N) is 1. The Morgan fingerprint density at radius 2 is 1.64 bits per heavy atom. The van der Waals surface area contributed by atoms with Crippen LogP contribution in [0, 0.1) is 5.92 Å². The minimum Gasteiger partial charge on any atom is -0.353 e. The van der Waals surface area contributed by atoms with E-state index in [1.54, 1.807) is 18.2 Å². The first-order valence-electron chi connectivity index (χ1n) is 10.1. The van der Waals surface area contributed by atoms with E-state index in [0.29, 0.717) is 11.3 Å². The third-order valence-corrected chi connectivity index (χ3v) is 5.18. The lowest BCUT2D eigenvalue weighted by Crippen LogP contribution is -2.47. The Bertz CT molecular complexity index is 722. The highest BCUT2D eigenvalue weighted by Gasteiger charge is 2.26. The van der Waals surface area contributed by atoms with E-state index in [-0.39, 0.29) is 42.3 Å². The van der Waals surface area contributed by atoms with E-state index in [0.717, 1.165) is 38.8 Å². The number of carbonyl (C=O) groups is 3. The van der Waals surface area contributed by atoms with Gasteiger partial charge in [0.2, 0.25) is 11.8 Å². The molecular formula is C21H30N4O3. The van der Waals surface area contributed by atoms with Crippen LogP contribution in [0.25, 0.3) is 0 Å². The fraction of sp³-hybridized carbons (Fsp3) is 0.571. The number of nitrogens with one attached hydrogen (secondary N) is 3. The maximum atomic E-state index is 12.5. The van der Waals surface area contributed by atoms with Crippen LogP contribution in [0.2, 0.25) is 0 Å². The van der Waals surface area contributed by atoms with E-state index in [1.807, 2.05) is 19.9 Å². The van der Waals surface area contributed by atoms with Gasteiger partial charge >= 0.3 is 0 Å². The summed E-state index contributed by atoms with van der Waals surface area (Å²) < 4.78 is 0. The zero-order valence-electron chi connectivity index (χ0n) is 16.7. The van der Waals surface area contributed by atoms with Gasteiger partial charge < -0.3 is 16.0 Å². The molecule has 0 bridgehead atoms. The third-order valence-electron chi connectivity index (χ3n) is 5.18. The van der Waals surface area contributed by atoms with Gasteiger partial charge in [-0.3, -0.25) is 19.3 Å². The van der Waals surface area contributed by atoms with Crippen LogP contribution in [-0.2, 0) is 9.59 Å². The normalized spacial score (nSPS) is 18.0. The zero-order valence-corrected chi connectivity index (χ0v) is 16.7. The summed E-state index contributed by atoms with van der Waals surface area (Å²) in [5.41, 5.74) is 1.04. The SMILES string of the molecule is CC(C)C(=O)NC1CCN(CC(=O)Nc2ccccc2C(=O)NC2CC2)CC1. The van der Waals surface area contributed by atoms with Crippen LogP contribution in [0.5, 0.6) is 0 Å². The molecule has 1 aromatic carbocycles. The van der Waals surface area contributed by atoms with Gasteiger partial charge in [0.25, 0.3) is 5.91 Å². The smallest absolute Gasteiger partial charge is 0.253 e. The Hall–Kier alpha value is -2.41. The summed E-state index contributed by atoms with van der Waals surface area (Å²) in [5.74, 6) is -0.199. The summed E-state index contributed by atoms with van der Waals surface area (Å²) in [6.45, 7) is 5.58. The molecule has 1 aliphatic heterocycles. The van der Waals surface area contributed by atoms with E-state index in [9.17, 15) is 14.4 Å². The topological polar surface area (TPSA) is 90.5 Å². The highest BCUT2D eigenvalue weighted by atomic mass is 16.2. The average Bonchev–Trinajstić information content (AvgIpc) is 3.47. The van der Waals surface area contributed by atoms with Crippen molar-refractivity contribution in [2.24, 2.45) is 5.92 Å². The van der Waals surface area contributed by atoms with Crippen molar-refractivity contribution in [3.8, 4) is 0 Å². The Morgan fingerprint density at radius 3 is 2.29 bits per heavy atom. The van der Waals surface area contributed by atoms with Gasteiger partial charge in [-0.2, -0.15) is 0 Å². The van der Waals surface area contributed by atoms with E-state index in [2.05, 4.69) is 20.9 Å². The van der Waals surface area contributed by atoms with Gasteiger partial charge in [0.1, 0.15) is 0 Å². The van der Waals surface area contributed by atoms with Crippen molar-refractivity contribution in [3.63, 3.8) is 0 Å². The van der Waals surface area contributed by atoms with E-state index in [4.69, 9.17) is 0 Å². The molecule has 152 valence electrons. The largest absolute Gasteiger partial charge is 0.353 e. The average molecular weight is 386 g/mol. The van der Waals surface area contributed by atoms with Gasteiger partial charge in [0.05, 0.1) is 17.8 Å². The fourth-order valence-corrected chi connectivity index (χ4v) is 3.28. The molecule has 28 heavy (non-hydrogen) atoms. The quantitative estimate of drug-likeness (QED) is 0.666. The summed E-state index contributed by atoms with van der Waals surface area (Å²) in [5, 5.41) is 8.90. The van der Waals surface area contributed by atoms with Crippen molar-refractivity contribution in [2.75, 3.05) is 25.0 Å². The summed E-state index contributed by atoms with van der Waals surface area (Å²) in [4.78, 5) is 38.7. The molecule has 0 spiro atoms. The lowest BCUT2D eigenvalue weighted by molar-refractivity contribution is -0.125. The predicted octanol–water partition coefficient (Wildman–Crippen LogP) is 1.75. The Kier molecular flexibility index (Phi) is 6.67. The molecule has 7 heteroatoms. The van der Waals surface area contributed by atoms with Crippen molar-refractivity contribution in [2.45, 2.75) is 51.6 Å². The first-order chi connectivity index (χ1) is 13.4. The monoisotopic (exact) mass is 386 g/mol. The maximum Gasteiger partial charge on any atom is 0.253 e. The molecule has 1 saturated carbocycles. The predicted molar refractivity (Wildman–Crippen MR) is 108 cm³/mol. The van der Waals surface area contributed by atoms with Gasteiger partial charge in [0.15, 0.2) is 0 Å². The second kappa shape index (κ2) is 9.19. The van der Waals surface area contributed by atoms with E-state index >= 15 is 0 Å². The van der Waals surface area contributed by atoms with Gasteiger partial charge in [-0.05, 0) is 37.8 Å². The maximum absolute atomic E-state index is 12.5. The molecule has 1 saturated heterocycles. The van der Waals surface area contributed by atoms with Gasteiger partial charge in [-0.1, -0.05) is 26.0 Å². The molecule has 3 rings (SSSR count). The number of hydrogen-bond acceptors (Lipinski definition) is 4. The van der Waals surface area contributed by atoms with Crippen molar-refractivity contribution in [3.05, 3.63) is 29.8 Å². The molecule has 1 aromatic rings. The number of amides is 3. The van der Waals surface area contributed by atoms with Gasteiger partial charge in [-0.15, -0.1) is 0 Å². The van der Waals surface area contributed by atoms with Crippen LogP contribution in [0.15, 0.2) is 24.3 Å². The molecule has 2 fully saturated rings. The van der Waals surface area contributed by atoms with Crippen LogP contribution in [-0.4, -0.2) is 54.3 Å². The fourth-order valence-electron chi connectivity index (χ4n) is 3.28. The first-order valence-corrected chi connectivity index (χ1v) is 10.1. The highest BCUT2D eigenvalue weighted by Crippen LogP contribution is 2.21. The second-order valence-electron chi connectivity index (χ2n) is 8.06. The Morgan fingerprint density at radius 1 is 1.00 bits per heavy atom. The minimum atomic E-state index is -0.139. The Balaban J connectivity index is 1.47. The van der Waals surface area contributed by atoms with Crippen molar-refractivity contribution in [1.82, 2.24) is 15.5 Å².